The normalized spacial score (nSPS) is 18.9. The Morgan fingerprint density at radius 2 is 1.56 bits per heavy atom. The van der Waals surface area contributed by atoms with Crippen LogP contribution in [0.4, 0.5) is 5.69 Å². The molecule has 7 heteroatoms. The molecule has 1 saturated heterocycles. The van der Waals surface area contributed by atoms with Crippen molar-refractivity contribution in [3.8, 4) is 11.5 Å². The van der Waals surface area contributed by atoms with Crippen LogP contribution in [0.1, 0.15) is 80.6 Å². The van der Waals surface area contributed by atoms with Crippen molar-refractivity contribution in [3.63, 3.8) is 0 Å². The predicted molar refractivity (Wildman–Crippen MR) is 139 cm³/mol. The molecule has 1 unspecified atom stereocenters. The number of carbonyl (C=O) groups excluding carboxylic acids is 3. The van der Waals surface area contributed by atoms with Crippen LogP contribution >= 0.6 is 0 Å². The van der Waals surface area contributed by atoms with Crippen LogP contribution in [0, 0.1) is 0 Å². The van der Waals surface area contributed by atoms with Crippen molar-refractivity contribution in [2.45, 2.75) is 76.8 Å². The molecule has 7 nitrogen and oxygen atoms in total. The number of benzene rings is 2. The van der Waals surface area contributed by atoms with Gasteiger partial charge in [-0.05, 0) is 54.7 Å². The summed E-state index contributed by atoms with van der Waals surface area (Å²) < 4.78 is 10.7. The minimum Gasteiger partial charge on any atom is -0.493 e. The Bertz CT molecular complexity index is 1100. The lowest BCUT2D eigenvalue weighted by molar-refractivity contribution is -0.123. The Balaban J connectivity index is 1.68. The highest BCUT2D eigenvalue weighted by molar-refractivity contribution is 6.23. The van der Waals surface area contributed by atoms with E-state index in [1.165, 1.54) is 12.0 Å². The van der Waals surface area contributed by atoms with Gasteiger partial charge in [-0.15, -0.1) is 0 Å². The number of methoxy groups -OCH3 is 2. The Morgan fingerprint density at radius 3 is 2.14 bits per heavy atom. The highest BCUT2D eigenvalue weighted by Gasteiger charge is 2.46. The lowest BCUT2D eigenvalue weighted by Crippen LogP contribution is -2.50. The van der Waals surface area contributed by atoms with E-state index in [0.717, 1.165) is 44.1 Å². The van der Waals surface area contributed by atoms with Crippen molar-refractivity contribution >= 4 is 23.4 Å². The van der Waals surface area contributed by atoms with E-state index in [9.17, 15) is 14.4 Å². The number of imide groups is 1. The van der Waals surface area contributed by atoms with Crippen LogP contribution in [-0.2, 0) is 9.59 Å². The number of hydrogen-bond donors (Lipinski definition) is 0. The van der Waals surface area contributed by atoms with Gasteiger partial charge in [0.05, 0.1) is 26.3 Å². The van der Waals surface area contributed by atoms with E-state index in [4.69, 9.17) is 9.47 Å². The second kappa shape index (κ2) is 11.1. The SMILES string of the molecule is COc1ccc(C(=O)N(C2CCCCCC2)C2CC(=O)N(c3ccc(C(C)C)cc3)C2=O)cc1OC. The second-order valence-corrected chi connectivity index (χ2v) is 9.96. The Kier molecular flexibility index (Phi) is 7.97. The van der Waals surface area contributed by atoms with Gasteiger partial charge in [-0.2, -0.15) is 0 Å². The van der Waals surface area contributed by atoms with Crippen LogP contribution < -0.4 is 14.4 Å². The molecule has 4 rings (SSSR count). The average Bonchev–Trinajstić information content (AvgIpc) is 3.04. The third-order valence-corrected chi connectivity index (χ3v) is 7.36. The molecule has 2 aromatic carbocycles. The van der Waals surface area contributed by atoms with E-state index in [1.807, 2.05) is 24.3 Å². The molecule has 0 aromatic heterocycles. The van der Waals surface area contributed by atoms with Crippen LogP contribution in [-0.4, -0.2) is 48.9 Å². The molecule has 1 atom stereocenters. The van der Waals surface area contributed by atoms with Crippen molar-refractivity contribution in [2.75, 3.05) is 19.1 Å². The Hall–Kier alpha value is -3.35. The van der Waals surface area contributed by atoms with Gasteiger partial charge in [0.15, 0.2) is 11.5 Å². The lowest BCUT2D eigenvalue weighted by Gasteiger charge is -2.35. The maximum Gasteiger partial charge on any atom is 0.257 e. The fraction of sp³-hybridized carbons (Fsp3) is 0.483. The van der Waals surface area contributed by atoms with Crippen LogP contribution in [0.25, 0.3) is 0 Å². The number of anilines is 1. The van der Waals surface area contributed by atoms with Gasteiger partial charge in [0.25, 0.3) is 11.8 Å². The molecule has 1 saturated carbocycles. The quantitative estimate of drug-likeness (QED) is 0.386. The monoisotopic (exact) mass is 492 g/mol. The van der Waals surface area contributed by atoms with Gasteiger partial charge in [-0.25, -0.2) is 4.90 Å². The molecule has 192 valence electrons. The molecule has 2 fully saturated rings. The number of hydrogen-bond acceptors (Lipinski definition) is 5. The van der Waals surface area contributed by atoms with E-state index in [-0.39, 0.29) is 30.2 Å². The zero-order chi connectivity index (χ0) is 25.8. The fourth-order valence-electron chi connectivity index (χ4n) is 5.33. The summed E-state index contributed by atoms with van der Waals surface area (Å²) in [4.78, 5) is 43.8. The van der Waals surface area contributed by atoms with Gasteiger partial charge < -0.3 is 14.4 Å². The highest BCUT2D eigenvalue weighted by atomic mass is 16.5. The van der Waals surface area contributed by atoms with E-state index in [1.54, 1.807) is 30.2 Å². The number of carbonyl (C=O) groups is 3. The minimum atomic E-state index is -0.828. The predicted octanol–water partition coefficient (Wildman–Crippen LogP) is 5.32. The summed E-state index contributed by atoms with van der Waals surface area (Å²) >= 11 is 0. The van der Waals surface area contributed by atoms with Gasteiger partial charge in [0, 0.05) is 11.6 Å². The van der Waals surface area contributed by atoms with Crippen molar-refractivity contribution in [1.29, 1.82) is 0 Å². The number of amides is 3. The van der Waals surface area contributed by atoms with Gasteiger partial charge in [-0.1, -0.05) is 51.7 Å². The molecular weight excluding hydrogens is 456 g/mol. The molecule has 1 aliphatic carbocycles. The smallest absolute Gasteiger partial charge is 0.257 e. The van der Waals surface area contributed by atoms with E-state index < -0.39 is 6.04 Å². The molecule has 2 aliphatic rings. The van der Waals surface area contributed by atoms with Gasteiger partial charge in [0.2, 0.25) is 5.91 Å². The third kappa shape index (κ3) is 5.11. The van der Waals surface area contributed by atoms with Crippen molar-refractivity contribution in [1.82, 2.24) is 4.90 Å². The first kappa shape index (κ1) is 25.7. The number of nitrogens with zero attached hydrogens (tertiary/aromatic N) is 2. The summed E-state index contributed by atoms with van der Waals surface area (Å²) in [6.07, 6.45) is 5.84. The molecule has 2 aromatic rings. The first-order valence-corrected chi connectivity index (χ1v) is 12.9. The number of ether oxygens (including phenoxy) is 2. The molecule has 1 aliphatic heterocycles. The summed E-state index contributed by atoms with van der Waals surface area (Å²) in [6.45, 7) is 4.20. The molecule has 3 amide bonds. The van der Waals surface area contributed by atoms with E-state index in [0.29, 0.717) is 28.7 Å². The maximum atomic E-state index is 14.0. The summed E-state index contributed by atoms with van der Waals surface area (Å²) in [5, 5.41) is 0. The van der Waals surface area contributed by atoms with Crippen LogP contribution in [0.15, 0.2) is 42.5 Å². The third-order valence-electron chi connectivity index (χ3n) is 7.36. The standard InChI is InChI=1S/C29H36N2O5/c1-19(2)20-11-14-23(15-12-20)31-27(32)18-24(29(31)34)30(22-9-7-5-6-8-10-22)28(33)21-13-16-25(35-3)26(17-21)36-4/h11-17,19,22,24H,5-10,18H2,1-4H3. The lowest BCUT2D eigenvalue weighted by atomic mass is 10.0. The number of rotatable bonds is 7. The summed E-state index contributed by atoms with van der Waals surface area (Å²) in [5.41, 5.74) is 2.10. The summed E-state index contributed by atoms with van der Waals surface area (Å²) in [5.74, 6) is 0.451. The fourth-order valence-corrected chi connectivity index (χ4v) is 5.33. The van der Waals surface area contributed by atoms with Crippen molar-refractivity contribution in [3.05, 3.63) is 53.6 Å². The zero-order valence-corrected chi connectivity index (χ0v) is 21.7. The van der Waals surface area contributed by atoms with Crippen LogP contribution in [0.3, 0.4) is 0 Å². The molecule has 36 heavy (non-hydrogen) atoms. The first-order chi connectivity index (χ1) is 17.3. The van der Waals surface area contributed by atoms with Gasteiger partial charge in [-0.3, -0.25) is 14.4 Å². The second-order valence-electron chi connectivity index (χ2n) is 9.96. The highest BCUT2D eigenvalue weighted by Crippen LogP contribution is 2.34. The van der Waals surface area contributed by atoms with Gasteiger partial charge in [0.1, 0.15) is 6.04 Å². The Labute approximate surface area is 213 Å². The van der Waals surface area contributed by atoms with Gasteiger partial charge >= 0.3 is 0 Å². The van der Waals surface area contributed by atoms with Crippen LogP contribution in [0.2, 0.25) is 0 Å². The van der Waals surface area contributed by atoms with E-state index in [2.05, 4.69) is 13.8 Å². The molecule has 0 radical (unpaired) electrons. The molecule has 0 spiro atoms. The molecule has 1 heterocycles. The minimum absolute atomic E-state index is 0.0136. The Morgan fingerprint density at radius 1 is 0.917 bits per heavy atom. The van der Waals surface area contributed by atoms with Crippen molar-refractivity contribution in [2.24, 2.45) is 0 Å². The topological polar surface area (TPSA) is 76.2 Å². The largest absolute Gasteiger partial charge is 0.493 e. The summed E-state index contributed by atoms with van der Waals surface area (Å²) in [6, 6.07) is 11.6. The maximum absolute atomic E-state index is 14.0. The zero-order valence-electron chi connectivity index (χ0n) is 21.7. The molecule has 0 bridgehead atoms. The first-order valence-electron chi connectivity index (χ1n) is 12.9. The van der Waals surface area contributed by atoms with E-state index >= 15 is 0 Å². The molecule has 0 N–H and O–H groups in total. The average molecular weight is 493 g/mol. The molecular formula is C29H36N2O5. The van der Waals surface area contributed by atoms with Crippen molar-refractivity contribution < 1.29 is 23.9 Å². The summed E-state index contributed by atoms with van der Waals surface area (Å²) in [7, 11) is 3.07. The van der Waals surface area contributed by atoms with Crippen LogP contribution in [0.5, 0.6) is 11.5 Å².